The lowest BCUT2D eigenvalue weighted by atomic mass is 10.2. The Labute approximate surface area is 125 Å². The topological polar surface area (TPSA) is 28.2 Å². The van der Waals surface area contributed by atoms with E-state index in [4.69, 9.17) is 11.6 Å². The fraction of sp³-hybridized carbons (Fsp3) is 0.312. The van der Waals surface area contributed by atoms with Crippen molar-refractivity contribution in [2.75, 3.05) is 18.5 Å². The Kier molecular flexibility index (Phi) is 4.99. The summed E-state index contributed by atoms with van der Waals surface area (Å²) in [6, 6.07) is 10.4. The Bertz CT molecular complexity index is 584. The third kappa shape index (κ3) is 3.50. The molecule has 20 heavy (non-hydrogen) atoms. The minimum atomic E-state index is 0.701. The van der Waals surface area contributed by atoms with Crippen LogP contribution in [-0.4, -0.2) is 18.6 Å². The van der Waals surface area contributed by atoms with Gasteiger partial charge in [0.2, 0.25) is 0 Å². The van der Waals surface area contributed by atoms with E-state index in [-0.39, 0.29) is 0 Å². The highest BCUT2D eigenvalue weighted by Crippen LogP contribution is 2.25. The molecule has 106 valence electrons. The van der Waals surface area contributed by atoms with Crippen LogP contribution in [0.3, 0.4) is 0 Å². The summed E-state index contributed by atoms with van der Waals surface area (Å²) in [4.78, 5) is 6.49. The maximum absolute atomic E-state index is 6.19. The van der Waals surface area contributed by atoms with Gasteiger partial charge in [-0.1, -0.05) is 30.7 Å². The van der Waals surface area contributed by atoms with E-state index in [1.165, 1.54) is 5.56 Å². The molecule has 2 aromatic rings. The fourth-order valence-electron chi connectivity index (χ4n) is 2.02. The van der Waals surface area contributed by atoms with Crippen molar-refractivity contribution in [3.63, 3.8) is 0 Å². The number of benzene rings is 1. The van der Waals surface area contributed by atoms with E-state index in [9.17, 15) is 0 Å². The zero-order valence-corrected chi connectivity index (χ0v) is 12.9. The lowest BCUT2D eigenvalue weighted by Crippen LogP contribution is -2.15. The monoisotopic (exact) mass is 289 g/mol. The van der Waals surface area contributed by atoms with E-state index in [2.05, 4.69) is 53.3 Å². The maximum atomic E-state index is 6.19. The predicted molar refractivity (Wildman–Crippen MR) is 85.9 cm³/mol. The van der Waals surface area contributed by atoms with Gasteiger partial charge >= 0.3 is 0 Å². The van der Waals surface area contributed by atoms with Crippen LogP contribution in [0.2, 0.25) is 5.02 Å². The Hall–Kier alpha value is -1.58. The summed E-state index contributed by atoms with van der Waals surface area (Å²) < 4.78 is 0. The van der Waals surface area contributed by atoms with Crippen molar-refractivity contribution in [3.05, 3.63) is 52.7 Å². The second-order valence-electron chi connectivity index (χ2n) is 4.81. The Morgan fingerprint density at radius 3 is 2.80 bits per heavy atom. The van der Waals surface area contributed by atoms with Gasteiger partial charge < -0.3 is 10.2 Å². The Morgan fingerprint density at radius 2 is 2.10 bits per heavy atom. The van der Waals surface area contributed by atoms with Gasteiger partial charge in [-0.3, -0.25) is 0 Å². The molecule has 1 N–H and O–H groups in total. The molecule has 4 heteroatoms. The van der Waals surface area contributed by atoms with Crippen molar-refractivity contribution < 1.29 is 0 Å². The molecule has 0 aliphatic heterocycles. The van der Waals surface area contributed by atoms with Gasteiger partial charge in [0.1, 0.15) is 5.82 Å². The Morgan fingerprint density at radius 1 is 1.30 bits per heavy atom. The normalized spacial score (nSPS) is 10.6. The number of nitrogens with zero attached hydrogens (tertiary/aromatic N) is 2. The second-order valence-corrected chi connectivity index (χ2v) is 5.22. The van der Waals surface area contributed by atoms with Gasteiger partial charge in [0.15, 0.2) is 0 Å². The molecule has 0 amide bonds. The molecule has 1 heterocycles. The number of anilines is 2. The largest absolute Gasteiger partial charge is 0.329 e. The molecule has 0 atom stereocenters. The summed E-state index contributed by atoms with van der Waals surface area (Å²) in [5.41, 5.74) is 3.42. The van der Waals surface area contributed by atoms with E-state index in [1.807, 2.05) is 13.1 Å². The average molecular weight is 290 g/mol. The molecule has 1 aromatic carbocycles. The van der Waals surface area contributed by atoms with Crippen molar-refractivity contribution in [2.45, 2.75) is 20.4 Å². The van der Waals surface area contributed by atoms with E-state index in [0.29, 0.717) is 5.02 Å². The molecule has 0 bridgehead atoms. The van der Waals surface area contributed by atoms with Crippen LogP contribution in [0.25, 0.3) is 0 Å². The maximum Gasteiger partial charge on any atom is 0.133 e. The summed E-state index contributed by atoms with van der Waals surface area (Å²) in [5, 5.41) is 3.99. The quantitative estimate of drug-likeness (QED) is 0.904. The number of rotatable bonds is 5. The highest BCUT2D eigenvalue weighted by atomic mass is 35.5. The van der Waals surface area contributed by atoms with Gasteiger partial charge in [-0.15, -0.1) is 0 Å². The van der Waals surface area contributed by atoms with Crippen LogP contribution in [0.1, 0.15) is 18.1 Å². The van der Waals surface area contributed by atoms with Gasteiger partial charge in [0.05, 0.1) is 5.02 Å². The first-order valence-electron chi connectivity index (χ1n) is 6.77. The Balaban J connectivity index is 2.28. The first kappa shape index (κ1) is 14.8. The van der Waals surface area contributed by atoms with E-state index in [1.54, 1.807) is 6.20 Å². The average Bonchev–Trinajstić information content (AvgIpc) is 2.45. The zero-order valence-electron chi connectivity index (χ0n) is 12.2. The minimum Gasteiger partial charge on any atom is -0.329 e. The molecule has 0 spiro atoms. The SMILES string of the molecule is CCNCc1cc(N(C)c2cccc(C)c2)ncc1Cl. The van der Waals surface area contributed by atoms with Crippen LogP contribution in [0.4, 0.5) is 11.5 Å². The number of pyridine rings is 1. The molecule has 0 aliphatic carbocycles. The lowest BCUT2D eigenvalue weighted by molar-refractivity contribution is 0.726. The van der Waals surface area contributed by atoms with E-state index in [0.717, 1.165) is 30.2 Å². The fourth-order valence-corrected chi connectivity index (χ4v) is 2.19. The van der Waals surface area contributed by atoms with Crippen LogP contribution in [0.5, 0.6) is 0 Å². The van der Waals surface area contributed by atoms with Crippen molar-refractivity contribution >= 4 is 23.1 Å². The van der Waals surface area contributed by atoms with Crippen LogP contribution in [-0.2, 0) is 6.54 Å². The number of hydrogen-bond donors (Lipinski definition) is 1. The standard InChI is InChI=1S/C16H20ClN3/c1-4-18-10-13-9-16(19-11-15(13)17)20(3)14-7-5-6-12(2)8-14/h5-9,11,18H,4,10H2,1-3H3. The highest BCUT2D eigenvalue weighted by molar-refractivity contribution is 6.31. The molecule has 1 aromatic heterocycles. The smallest absolute Gasteiger partial charge is 0.133 e. The molecule has 3 nitrogen and oxygen atoms in total. The van der Waals surface area contributed by atoms with Gasteiger partial charge in [-0.25, -0.2) is 4.98 Å². The van der Waals surface area contributed by atoms with Crippen LogP contribution in [0.15, 0.2) is 36.5 Å². The van der Waals surface area contributed by atoms with Gasteiger partial charge in [-0.05, 0) is 42.8 Å². The summed E-state index contributed by atoms with van der Waals surface area (Å²) in [6.45, 7) is 5.84. The number of aryl methyl sites for hydroxylation is 1. The zero-order chi connectivity index (χ0) is 14.5. The second kappa shape index (κ2) is 6.73. The van der Waals surface area contributed by atoms with E-state index >= 15 is 0 Å². The van der Waals surface area contributed by atoms with Crippen LogP contribution >= 0.6 is 11.6 Å². The van der Waals surface area contributed by atoms with Crippen LogP contribution < -0.4 is 10.2 Å². The molecular weight excluding hydrogens is 270 g/mol. The first-order chi connectivity index (χ1) is 9.61. The molecule has 2 rings (SSSR count). The molecule has 0 saturated carbocycles. The molecule has 0 saturated heterocycles. The molecule has 0 aliphatic rings. The first-order valence-corrected chi connectivity index (χ1v) is 7.15. The summed E-state index contributed by atoms with van der Waals surface area (Å²) in [7, 11) is 2.02. The van der Waals surface area contributed by atoms with Crippen LogP contribution in [0, 0.1) is 6.92 Å². The predicted octanol–water partition coefficient (Wildman–Crippen LogP) is 3.92. The minimum absolute atomic E-state index is 0.701. The number of aromatic nitrogens is 1. The number of nitrogens with one attached hydrogen (secondary N) is 1. The summed E-state index contributed by atoms with van der Waals surface area (Å²) >= 11 is 6.19. The van der Waals surface area contributed by atoms with Crippen molar-refractivity contribution in [2.24, 2.45) is 0 Å². The van der Waals surface area contributed by atoms with Crippen molar-refractivity contribution in [1.82, 2.24) is 10.3 Å². The number of halogens is 1. The van der Waals surface area contributed by atoms with Crippen molar-refractivity contribution in [3.8, 4) is 0 Å². The van der Waals surface area contributed by atoms with Crippen molar-refractivity contribution in [1.29, 1.82) is 0 Å². The molecule has 0 fully saturated rings. The summed E-state index contributed by atoms with van der Waals surface area (Å²) in [6.07, 6.45) is 1.72. The third-order valence-electron chi connectivity index (χ3n) is 3.22. The van der Waals surface area contributed by atoms with Gasteiger partial charge in [-0.2, -0.15) is 0 Å². The molecule has 0 radical (unpaired) electrons. The number of hydrogen-bond acceptors (Lipinski definition) is 3. The third-order valence-corrected chi connectivity index (χ3v) is 3.56. The summed E-state index contributed by atoms with van der Waals surface area (Å²) in [5.74, 6) is 0.896. The van der Waals surface area contributed by atoms with Gasteiger partial charge in [0, 0.05) is 25.5 Å². The highest BCUT2D eigenvalue weighted by Gasteiger charge is 2.09. The molecule has 0 unspecified atom stereocenters. The molecular formula is C16H20ClN3. The van der Waals surface area contributed by atoms with Gasteiger partial charge in [0.25, 0.3) is 0 Å². The van der Waals surface area contributed by atoms with E-state index < -0.39 is 0 Å². The lowest BCUT2D eigenvalue weighted by Gasteiger charge is -2.20.